The van der Waals surface area contributed by atoms with E-state index in [0.29, 0.717) is 11.3 Å². The molecule has 5 heteroatoms. The number of phenols is 1. The van der Waals surface area contributed by atoms with Gasteiger partial charge >= 0.3 is 0 Å². The van der Waals surface area contributed by atoms with Crippen molar-refractivity contribution in [2.75, 3.05) is 7.11 Å². The van der Waals surface area contributed by atoms with E-state index in [4.69, 9.17) is 9.47 Å². The van der Waals surface area contributed by atoms with Crippen molar-refractivity contribution in [2.45, 2.75) is 12.2 Å². The van der Waals surface area contributed by atoms with E-state index in [0.717, 1.165) is 0 Å². The Labute approximate surface area is 121 Å². The fraction of sp³-hybridized carbons (Fsp3) is 0.188. The van der Waals surface area contributed by atoms with Gasteiger partial charge in [-0.2, -0.15) is 0 Å². The molecule has 1 unspecified atom stereocenters. The molecule has 108 valence electrons. The highest BCUT2D eigenvalue weighted by molar-refractivity contribution is 6.03. The van der Waals surface area contributed by atoms with Gasteiger partial charge < -0.3 is 19.7 Å². The average molecular weight is 286 g/mol. The van der Waals surface area contributed by atoms with Gasteiger partial charge in [-0.25, -0.2) is 0 Å². The van der Waals surface area contributed by atoms with Gasteiger partial charge in [0.15, 0.2) is 5.78 Å². The standard InChI is InChI=1S/C16H14O5/c1-20-11-7-12(17)15-13(18)9-16(19,21-14(15)8-11)10-5-3-2-4-6-10/h2-8,17,19H,9H2,1H3. The van der Waals surface area contributed by atoms with Gasteiger partial charge in [-0.1, -0.05) is 30.3 Å². The Bertz CT molecular complexity index is 695. The van der Waals surface area contributed by atoms with E-state index in [1.807, 2.05) is 0 Å². The second-order valence-corrected chi connectivity index (χ2v) is 4.87. The first-order chi connectivity index (χ1) is 10.0. The molecule has 3 rings (SSSR count). The molecule has 2 N–H and O–H groups in total. The van der Waals surface area contributed by atoms with Gasteiger partial charge in [0.25, 0.3) is 0 Å². The summed E-state index contributed by atoms with van der Waals surface area (Å²) in [6.45, 7) is 0. The minimum atomic E-state index is -1.75. The monoisotopic (exact) mass is 286 g/mol. The Balaban J connectivity index is 2.10. The lowest BCUT2D eigenvalue weighted by Crippen LogP contribution is -2.39. The largest absolute Gasteiger partial charge is 0.507 e. The van der Waals surface area contributed by atoms with Crippen LogP contribution in [-0.4, -0.2) is 23.1 Å². The summed E-state index contributed by atoms with van der Waals surface area (Å²) in [5, 5.41) is 20.6. The summed E-state index contributed by atoms with van der Waals surface area (Å²) in [4.78, 5) is 12.3. The van der Waals surface area contributed by atoms with E-state index >= 15 is 0 Å². The van der Waals surface area contributed by atoms with Crippen molar-refractivity contribution in [3.8, 4) is 17.2 Å². The third-order valence-corrected chi connectivity index (χ3v) is 3.47. The molecule has 2 aromatic carbocycles. The highest BCUT2D eigenvalue weighted by atomic mass is 16.6. The fourth-order valence-corrected chi connectivity index (χ4v) is 2.44. The molecule has 0 radical (unpaired) electrons. The summed E-state index contributed by atoms with van der Waals surface area (Å²) in [5.41, 5.74) is 0.544. The van der Waals surface area contributed by atoms with Crippen LogP contribution in [0.4, 0.5) is 0 Å². The molecule has 2 aromatic rings. The Morgan fingerprint density at radius 1 is 1.24 bits per heavy atom. The molecule has 21 heavy (non-hydrogen) atoms. The molecule has 0 spiro atoms. The topological polar surface area (TPSA) is 76.0 Å². The van der Waals surface area contributed by atoms with Crippen LogP contribution in [0.1, 0.15) is 22.3 Å². The van der Waals surface area contributed by atoms with Crippen LogP contribution in [0, 0.1) is 0 Å². The Hall–Kier alpha value is -2.53. The highest BCUT2D eigenvalue weighted by Crippen LogP contribution is 2.43. The summed E-state index contributed by atoms with van der Waals surface area (Å²) < 4.78 is 10.6. The first-order valence-electron chi connectivity index (χ1n) is 6.44. The minimum absolute atomic E-state index is 0.0661. The van der Waals surface area contributed by atoms with Gasteiger partial charge in [-0.05, 0) is 0 Å². The molecule has 0 saturated heterocycles. The number of ketones is 1. The summed E-state index contributed by atoms with van der Waals surface area (Å²) in [5.74, 6) is -1.90. The van der Waals surface area contributed by atoms with Crippen LogP contribution in [0.25, 0.3) is 0 Å². The zero-order valence-corrected chi connectivity index (χ0v) is 11.4. The van der Waals surface area contributed by atoms with Crippen molar-refractivity contribution in [3.63, 3.8) is 0 Å². The van der Waals surface area contributed by atoms with Crippen molar-refractivity contribution >= 4 is 5.78 Å². The predicted molar refractivity (Wildman–Crippen MR) is 74.6 cm³/mol. The molecule has 1 aliphatic heterocycles. The third kappa shape index (κ3) is 2.21. The molecule has 0 saturated carbocycles. The van der Waals surface area contributed by atoms with E-state index in [1.54, 1.807) is 30.3 Å². The quantitative estimate of drug-likeness (QED) is 0.885. The smallest absolute Gasteiger partial charge is 0.242 e. The molecule has 1 aliphatic rings. The number of phenolic OH excluding ortho intramolecular Hbond substituents is 1. The fourth-order valence-electron chi connectivity index (χ4n) is 2.44. The number of hydrogen-bond donors (Lipinski definition) is 2. The zero-order valence-electron chi connectivity index (χ0n) is 11.4. The normalized spacial score (nSPS) is 20.6. The van der Waals surface area contributed by atoms with E-state index in [1.165, 1.54) is 19.2 Å². The molecule has 1 heterocycles. The van der Waals surface area contributed by atoms with Crippen LogP contribution >= 0.6 is 0 Å². The molecule has 0 aliphatic carbocycles. The van der Waals surface area contributed by atoms with Gasteiger partial charge in [-0.15, -0.1) is 0 Å². The molecule has 0 aromatic heterocycles. The van der Waals surface area contributed by atoms with Gasteiger partial charge in [0, 0.05) is 17.7 Å². The number of methoxy groups -OCH3 is 1. The maximum absolute atomic E-state index is 12.3. The van der Waals surface area contributed by atoms with Crippen LogP contribution in [-0.2, 0) is 5.79 Å². The van der Waals surface area contributed by atoms with Crippen molar-refractivity contribution < 1.29 is 24.5 Å². The number of ether oxygens (including phenoxy) is 2. The number of aliphatic hydroxyl groups is 1. The zero-order chi connectivity index (χ0) is 15.0. The minimum Gasteiger partial charge on any atom is -0.507 e. The predicted octanol–water partition coefficient (Wildman–Crippen LogP) is 2.21. The molecule has 0 fully saturated rings. The number of benzene rings is 2. The summed E-state index contributed by atoms with van der Waals surface area (Å²) in [7, 11) is 1.44. The van der Waals surface area contributed by atoms with Crippen LogP contribution in [0.2, 0.25) is 0 Å². The van der Waals surface area contributed by atoms with Crippen molar-refractivity contribution in [2.24, 2.45) is 0 Å². The number of aromatic hydroxyl groups is 1. The lowest BCUT2D eigenvalue weighted by Gasteiger charge is -2.33. The summed E-state index contributed by atoms with van der Waals surface area (Å²) >= 11 is 0. The second kappa shape index (κ2) is 4.79. The highest BCUT2D eigenvalue weighted by Gasteiger charge is 2.41. The number of carbonyl (C=O) groups is 1. The van der Waals surface area contributed by atoms with E-state index in [2.05, 4.69) is 0 Å². The van der Waals surface area contributed by atoms with E-state index in [9.17, 15) is 15.0 Å². The average Bonchev–Trinajstić information content (AvgIpc) is 2.47. The Morgan fingerprint density at radius 3 is 2.62 bits per heavy atom. The first kappa shape index (κ1) is 13.5. The van der Waals surface area contributed by atoms with Crippen molar-refractivity contribution in [1.29, 1.82) is 0 Å². The Morgan fingerprint density at radius 2 is 1.95 bits per heavy atom. The number of hydrogen-bond acceptors (Lipinski definition) is 5. The lowest BCUT2D eigenvalue weighted by atomic mass is 9.92. The summed E-state index contributed by atoms with van der Waals surface area (Å²) in [6, 6.07) is 11.5. The molecule has 1 atom stereocenters. The maximum Gasteiger partial charge on any atom is 0.242 e. The SMILES string of the molecule is COc1cc(O)c2c(c1)OC(O)(c1ccccc1)CC2=O. The summed E-state index contributed by atoms with van der Waals surface area (Å²) in [6.07, 6.45) is -0.260. The number of rotatable bonds is 2. The molecular formula is C16H14O5. The first-order valence-corrected chi connectivity index (χ1v) is 6.44. The molecule has 0 amide bonds. The molecular weight excluding hydrogens is 272 g/mol. The van der Waals surface area contributed by atoms with Crippen LogP contribution in [0.15, 0.2) is 42.5 Å². The van der Waals surface area contributed by atoms with Crippen LogP contribution in [0.5, 0.6) is 17.2 Å². The molecule has 0 bridgehead atoms. The van der Waals surface area contributed by atoms with Gasteiger partial charge in [0.1, 0.15) is 22.8 Å². The van der Waals surface area contributed by atoms with Crippen molar-refractivity contribution in [1.82, 2.24) is 0 Å². The van der Waals surface area contributed by atoms with Crippen molar-refractivity contribution in [3.05, 3.63) is 53.6 Å². The number of carbonyl (C=O) groups excluding carboxylic acids is 1. The number of fused-ring (bicyclic) bond motifs is 1. The van der Waals surface area contributed by atoms with E-state index < -0.39 is 5.79 Å². The second-order valence-electron chi connectivity index (χ2n) is 4.87. The molecule has 5 nitrogen and oxygen atoms in total. The van der Waals surface area contributed by atoms with Gasteiger partial charge in [0.05, 0.1) is 13.5 Å². The van der Waals surface area contributed by atoms with Crippen LogP contribution < -0.4 is 9.47 Å². The third-order valence-electron chi connectivity index (χ3n) is 3.47. The Kier molecular flexibility index (Phi) is 3.07. The van der Waals surface area contributed by atoms with Gasteiger partial charge in [0.2, 0.25) is 5.79 Å². The number of Topliss-reactive ketones (excluding diaryl/α,β-unsaturated/α-hetero) is 1. The lowest BCUT2D eigenvalue weighted by molar-refractivity contribution is -0.147. The van der Waals surface area contributed by atoms with E-state index in [-0.39, 0.29) is 29.3 Å². The van der Waals surface area contributed by atoms with Gasteiger partial charge in [-0.3, -0.25) is 4.79 Å². The van der Waals surface area contributed by atoms with Crippen LogP contribution in [0.3, 0.4) is 0 Å². The maximum atomic E-state index is 12.3.